The van der Waals surface area contributed by atoms with Gasteiger partial charge in [-0.15, -0.1) is 0 Å². The van der Waals surface area contributed by atoms with Crippen LogP contribution in [0, 0.1) is 11.7 Å². The lowest BCUT2D eigenvalue weighted by Gasteiger charge is -2.29. The summed E-state index contributed by atoms with van der Waals surface area (Å²) in [6.07, 6.45) is 3.74. The number of nitrogens with zero attached hydrogens (tertiary/aromatic N) is 3. The van der Waals surface area contributed by atoms with Crippen molar-refractivity contribution in [1.29, 1.82) is 0 Å². The van der Waals surface area contributed by atoms with E-state index >= 15 is 0 Å². The zero-order valence-corrected chi connectivity index (χ0v) is 13.7. The van der Waals surface area contributed by atoms with Crippen molar-refractivity contribution in [3.05, 3.63) is 17.7 Å². The second-order valence-electron chi connectivity index (χ2n) is 5.65. The maximum absolute atomic E-state index is 13.6. The number of aryl methyl sites for hydroxylation is 1. The predicted molar refractivity (Wildman–Crippen MR) is 82.7 cm³/mol. The van der Waals surface area contributed by atoms with Crippen molar-refractivity contribution in [1.82, 2.24) is 9.97 Å². The van der Waals surface area contributed by atoms with E-state index in [9.17, 15) is 9.18 Å². The molecule has 1 amide bonds. The van der Waals surface area contributed by atoms with Gasteiger partial charge in [-0.05, 0) is 25.2 Å². The van der Waals surface area contributed by atoms with Gasteiger partial charge < -0.3 is 0 Å². The number of amides is 1. The molecule has 118 valence electrons. The van der Waals surface area contributed by atoms with Crippen LogP contribution in [0.3, 0.4) is 0 Å². The van der Waals surface area contributed by atoms with E-state index in [2.05, 4.69) is 9.97 Å². The highest BCUT2D eigenvalue weighted by Gasteiger charge is 2.26. The largest absolute Gasteiger partial charge is 0.278 e. The van der Waals surface area contributed by atoms with Crippen molar-refractivity contribution < 1.29 is 9.18 Å². The molecule has 0 aliphatic rings. The molecule has 21 heavy (non-hydrogen) atoms. The van der Waals surface area contributed by atoms with Crippen molar-refractivity contribution in [2.75, 3.05) is 4.90 Å². The van der Waals surface area contributed by atoms with E-state index in [1.54, 1.807) is 4.90 Å². The molecule has 1 heterocycles. The maximum atomic E-state index is 13.6. The molecular formula is C16H26FN3O. The fraction of sp³-hybridized carbons (Fsp3) is 0.688. The first-order valence-electron chi connectivity index (χ1n) is 7.77. The Bertz CT molecular complexity index is 473. The monoisotopic (exact) mass is 295 g/mol. The minimum absolute atomic E-state index is 0.00682. The Balaban J connectivity index is 3.19. The average molecular weight is 295 g/mol. The number of hydrogen-bond donors (Lipinski definition) is 0. The second kappa shape index (κ2) is 8.05. The van der Waals surface area contributed by atoms with Gasteiger partial charge in [-0.25, -0.2) is 14.4 Å². The number of anilines is 1. The molecule has 0 atom stereocenters. The summed E-state index contributed by atoms with van der Waals surface area (Å²) in [4.78, 5) is 22.5. The summed E-state index contributed by atoms with van der Waals surface area (Å²) in [7, 11) is 0. The van der Waals surface area contributed by atoms with Crippen molar-refractivity contribution in [3.63, 3.8) is 0 Å². The first-order chi connectivity index (χ1) is 9.94. The molecule has 1 aromatic rings. The number of carbonyl (C=O) groups is 1. The second-order valence-corrected chi connectivity index (χ2v) is 5.65. The molecule has 0 fully saturated rings. The molecule has 0 N–H and O–H groups in total. The number of carbonyl (C=O) groups excluding carboxylic acids is 1. The van der Waals surface area contributed by atoms with Gasteiger partial charge in [-0.3, -0.25) is 9.69 Å². The van der Waals surface area contributed by atoms with Crippen LogP contribution in [0.15, 0.2) is 6.20 Å². The summed E-state index contributed by atoms with van der Waals surface area (Å²) in [5, 5.41) is 0. The number of aromatic nitrogens is 2. The molecule has 0 spiro atoms. The van der Waals surface area contributed by atoms with Crippen LogP contribution >= 0.6 is 0 Å². The van der Waals surface area contributed by atoms with Crippen LogP contribution in [0.1, 0.15) is 59.6 Å². The van der Waals surface area contributed by atoms with E-state index in [0.717, 1.165) is 12.8 Å². The third-order valence-electron chi connectivity index (χ3n) is 3.51. The summed E-state index contributed by atoms with van der Waals surface area (Å²) >= 11 is 0. The minimum atomic E-state index is -0.415. The number of rotatable bonds is 7. The summed E-state index contributed by atoms with van der Waals surface area (Å²) in [5.41, 5.74) is 0.355. The van der Waals surface area contributed by atoms with Gasteiger partial charge in [-0.2, -0.15) is 0 Å². The van der Waals surface area contributed by atoms with E-state index in [1.165, 1.54) is 6.20 Å². The van der Waals surface area contributed by atoms with Gasteiger partial charge in [0, 0.05) is 12.5 Å². The average Bonchev–Trinajstić information content (AvgIpc) is 2.44. The van der Waals surface area contributed by atoms with Crippen molar-refractivity contribution in [3.8, 4) is 0 Å². The van der Waals surface area contributed by atoms with Gasteiger partial charge >= 0.3 is 0 Å². The van der Waals surface area contributed by atoms with Gasteiger partial charge in [0.1, 0.15) is 0 Å². The van der Waals surface area contributed by atoms with E-state index in [0.29, 0.717) is 24.5 Å². The van der Waals surface area contributed by atoms with Gasteiger partial charge in [0.15, 0.2) is 5.82 Å². The predicted octanol–water partition coefficient (Wildman–Crippen LogP) is 3.75. The molecule has 0 radical (unpaired) electrons. The lowest BCUT2D eigenvalue weighted by Crippen LogP contribution is -2.41. The third-order valence-corrected chi connectivity index (χ3v) is 3.51. The van der Waals surface area contributed by atoms with Crippen LogP contribution in [0.5, 0.6) is 0 Å². The van der Waals surface area contributed by atoms with Crippen LogP contribution < -0.4 is 4.90 Å². The highest BCUT2D eigenvalue weighted by atomic mass is 19.1. The van der Waals surface area contributed by atoms with Crippen LogP contribution in [0.4, 0.5) is 10.3 Å². The smallest absolute Gasteiger partial charge is 0.232 e. The molecule has 0 aliphatic heterocycles. The van der Waals surface area contributed by atoms with E-state index < -0.39 is 5.82 Å². The summed E-state index contributed by atoms with van der Waals surface area (Å²) in [6.45, 7) is 9.92. The summed E-state index contributed by atoms with van der Waals surface area (Å²) in [6, 6.07) is 0.0476. The lowest BCUT2D eigenvalue weighted by atomic mass is 10.1. The van der Waals surface area contributed by atoms with E-state index in [4.69, 9.17) is 0 Å². The third kappa shape index (κ3) is 4.48. The van der Waals surface area contributed by atoms with Crippen LogP contribution in [0.25, 0.3) is 0 Å². The first-order valence-corrected chi connectivity index (χ1v) is 7.77. The molecule has 1 rings (SSSR count). The first kappa shape index (κ1) is 17.5. The normalized spacial score (nSPS) is 11.2. The highest BCUT2D eigenvalue weighted by Crippen LogP contribution is 2.20. The zero-order chi connectivity index (χ0) is 16.0. The Labute approximate surface area is 126 Å². The fourth-order valence-corrected chi connectivity index (χ4v) is 2.34. The Morgan fingerprint density at radius 2 is 1.90 bits per heavy atom. The molecule has 0 unspecified atom stereocenters. The SMILES string of the molecule is CCc1nc(N(C(=O)CC(C)C)C(CC)CC)ncc1F. The van der Waals surface area contributed by atoms with Gasteiger partial charge in [0.25, 0.3) is 0 Å². The van der Waals surface area contributed by atoms with Crippen LogP contribution in [-0.4, -0.2) is 21.9 Å². The molecular weight excluding hydrogens is 269 g/mol. The molecule has 0 bridgehead atoms. The molecule has 1 aromatic heterocycles. The standard InChI is InChI=1S/C16H26FN3O/c1-6-12(7-2)20(15(21)9-11(4)5)16-18-10-13(17)14(8-3)19-16/h10-12H,6-9H2,1-5H3. The minimum Gasteiger partial charge on any atom is -0.278 e. The quantitative estimate of drug-likeness (QED) is 0.769. The maximum Gasteiger partial charge on any atom is 0.232 e. The van der Waals surface area contributed by atoms with Gasteiger partial charge in [-0.1, -0.05) is 34.6 Å². The van der Waals surface area contributed by atoms with Crippen molar-refractivity contribution in [2.24, 2.45) is 5.92 Å². The van der Waals surface area contributed by atoms with Crippen LogP contribution in [0.2, 0.25) is 0 Å². The molecule has 4 nitrogen and oxygen atoms in total. The Hall–Kier alpha value is -1.52. The molecule has 0 aromatic carbocycles. The number of halogens is 1. The Kier molecular flexibility index (Phi) is 6.72. The van der Waals surface area contributed by atoms with Crippen molar-refractivity contribution >= 4 is 11.9 Å². The van der Waals surface area contributed by atoms with Gasteiger partial charge in [0.2, 0.25) is 11.9 Å². The fourth-order valence-electron chi connectivity index (χ4n) is 2.34. The highest BCUT2D eigenvalue weighted by molar-refractivity contribution is 5.92. The molecule has 0 saturated heterocycles. The molecule has 0 saturated carbocycles. The Morgan fingerprint density at radius 3 is 2.38 bits per heavy atom. The lowest BCUT2D eigenvalue weighted by molar-refractivity contribution is -0.119. The summed E-state index contributed by atoms with van der Waals surface area (Å²) in [5.74, 6) is 0.183. The van der Waals surface area contributed by atoms with Crippen molar-refractivity contribution in [2.45, 2.75) is 66.3 Å². The summed E-state index contributed by atoms with van der Waals surface area (Å²) < 4.78 is 13.6. The topological polar surface area (TPSA) is 46.1 Å². The van der Waals surface area contributed by atoms with E-state index in [1.807, 2.05) is 34.6 Å². The Morgan fingerprint density at radius 1 is 1.29 bits per heavy atom. The van der Waals surface area contributed by atoms with E-state index in [-0.39, 0.29) is 17.9 Å². The zero-order valence-electron chi connectivity index (χ0n) is 13.7. The molecule has 5 heteroatoms. The molecule has 0 aliphatic carbocycles. The number of hydrogen-bond acceptors (Lipinski definition) is 3. The van der Waals surface area contributed by atoms with Gasteiger partial charge in [0.05, 0.1) is 11.9 Å². The van der Waals surface area contributed by atoms with Crippen LogP contribution in [-0.2, 0) is 11.2 Å².